The summed E-state index contributed by atoms with van der Waals surface area (Å²) in [6.07, 6.45) is 1.48. The average molecular weight is 438 g/mol. The third kappa shape index (κ3) is 3.14. The molecule has 0 radical (unpaired) electrons. The minimum Gasteiger partial charge on any atom is -0.507 e. The van der Waals surface area contributed by atoms with Crippen LogP contribution in [0.25, 0.3) is 5.76 Å². The summed E-state index contributed by atoms with van der Waals surface area (Å²) in [4.78, 5) is 31.1. The number of aromatic nitrogens is 1. The highest BCUT2D eigenvalue weighted by Gasteiger charge is 2.48. The van der Waals surface area contributed by atoms with E-state index in [1.807, 2.05) is 0 Å². The molecule has 1 atom stereocenters. The maximum absolute atomic E-state index is 14.8. The van der Waals surface area contributed by atoms with Crippen molar-refractivity contribution in [3.05, 3.63) is 76.6 Å². The molecule has 3 aromatic rings. The van der Waals surface area contributed by atoms with Crippen LogP contribution >= 0.6 is 11.3 Å². The number of anilines is 1. The number of hydrogen-bond acceptors (Lipinski definition) is 7. The summed E-state index contributed by atoms with van der Waals surface area (Å²) in [5.41, 5.74) is 0.112. The average Bonchev–Trinajstić information content (AvgIpc) is 3.40. The molecule has 7 nitrogen and oxygen atoms in total. The van der Waals surface area contributed by atoms with Gasteiger partial charge < -0.3 is 14.6 Å². The van der Waals surface area contributed by atoms with Crippen molar-refractivity contribution < 1.29 is 28.6 Å². The normalized spacial score (nSPS) is 19.6. The van der Waals surface area contributed by atoms with Crippen LogP contribution in [0.1, 0.15) is 17.2 Å². The number of carbonyl (C=O) groups excluding carboxylic acids is 2. The third-order valence-electron chi connectivity index (χ3n) is 5.09. The van der Waals surface area contributed by atoms with Crippen molar-refractivity contribution in [2.75, 3.05) is 18.1 Å². The summed E-state index contributed by atoms with van der Waals surface area (Å²) >= 11 is 1.14. The lowest BCUT2D eigenvalue weighted by Crippen LogP contribution is -2.29. The predicted molar refractivity (Wildman–Crippen MR) is 111 cm³/mol. The number of aliphatic hydroxyl groups excluding tert-OH is 1. The molecule has 156 valence electrons. The highest BCUT2D eigenvalue weighted by molar-refractivity contribution is 7.14. The Labute approximate surface area is 180 Å². The zero-order chi connectivity index (χ0) is 21.5. The van der Waals surface area contributed by atoms with Crippen LogP contribution in [0.2, 0.25) is 0 Å². The van der Waals surface area contributed by atoms with Gasteiger partial charge in [-0.2, -0.15) is 0 Å². The number of aliphatic hydroxyl groups is 1. The maximum atomic E-state index is 14.8. The fourth-order valence-electron chi connectivity index (χ4n) is 3.70. The van der Waals surface area contributed by atoms with E-state index in [2.05, 4.69) is 4.98 Å². The van der Waals surface area contributed by atoms with Gasteiger partial charge in [-0.05, 0) is 24.3 Å². The summed E-state index contributed by atoms with van der Waals surface area (Å²) in [6.45, 7) is 0.755. The smallest absolute Gasteiger partial charge is 0.301 e. The van der Waals surface area contributed by atoms with Crippen LogP contribution < -0.4 is 14.4 Å². The first kappa shape index (κ1) is 19.3. The molecule has 0 spiro atoms. The molecular weight excluding hydrogens is 423 g/mol. The summed E-state index contributed by atoms with van der Waals surface area (Å²) in [5, 5.41) is 13.0. The number of thiazole rings is 1. The Balaban J connectivity index is 1.71. The van der Waals surface area contributed by atoms with Crippen LogP contribution in [-0.4, -0.2) is 35.0 Å². The first-order valence-electron chi connectivity index (χ1n) is 9.41. The number of halogens is 1. The number of Topliss-reactive ketones (excluding diaryl/α,β-unsaturated/α-hetero) is 1. The highest BCUT2D eigenvalue weighted by atomic mass is 32.1. The molecule has 1 amide bonds. The molecule has 2 aliphatic heterocycles. The first-order valence-corrected chi connectivity index (χ1v) is 10.3. The summed E-state index contributed by atoms with van der Waals surface area (Å²) < 4.78 is 25.8. The van der Waals surface area contributed by atoms with Gasteiger partial charge in [-0.25, -0.2) is 9.37 Å². The lowest BCUT2D eigenvalue weighted by Gasteiger charge is -2.23. The monoisotopic (exact) mass is 438 g/mol. The van der Waals surface area contributed by atoms with Crippen LogP contribution in [0.4, 0.5) is 9.52 Å². The van der Waals surface area contributed by atoms with Gasteiger partial charge in [-0.3, -0.25) is 14.5 Å². The molecule has 2 aromatic carbocycles. The number of hydrogen-bond donors (Lipinski definition) is 1. The number of ketones is 1. The predicted octanol–water partition coefficient (Wildman–Crippen LogP) is 3.68. The topological polar surface area (TPSA) is 89.0 Å². The zero-order valence-electron chi connectivity index (χ0n) is 15.9. The molecule has 3 heterocycles. The fourth-order valence-corrected chi connectivity index (χ4v) is 4.37. The van der Waals surface area contributed by atoms with Gasteiger partial charge >= 0.3 is 5.91 Å². The van der Waals surface area contributed by atoms with Crippen LogP contribution in [-0.2, 0) is 9.59 Å². The zero-order valence-corrected chi connectivity index (χ0v) is 16.8. The standard InChI is InChI=1S/C22H15FN2O5S/c23-14-4-2-1-3-13(14)18-17(20(27)21(28)25(18)22-24-7-10-31-22)19(26)12-5-6-15-16(11-12)30-9-8-29-15/h1-7,10-11,18,26H,8-9H2/b19-17+/t18-/m1/s1. The fraction of sp³-hybridized carbons (Fsp3) is 0.136. The van der Waals surface area contributed by atoms with Crippen LogP contribution in [0.15, 0.2) is 59.6 Å². The Morgan fingerprint density at radius 3 is 2.65 bits per heavy atom. The van der Waals surface area contributed by atoms with Crippen molar-refractivity contribution in [1.29, 1.82) is 0 Å². The number of rotatable bonds is 3. The van der Waals surface area contributed by atoms with Crippen molar-refractivity contribution in [2.24, 2.45) is 0 Å². The summed E-state index contributed by atoms with van der Waals surface area (Å²) in [7, 11) is 0. The molecule has 2 aliphatic rings. The second-order valence-corrected chi connectivity index (χ2v) is 7.74. The SMILES string of the molecule is O=C1C(=O)N(c2nccs2)[C@H](c2ccccc2F)/C1=C(\O)c1ccc2c(c1)OCCO2. The number of nitrogens with zero attached hydrogens (tertiary/aromatic N) is 2. The molecule has 1 saturated heterocycles. The van der Waals surface area contributed by atoms with E-state index < -0.39 is 29.3 Å². The van der Waals surface area contributed by atoms with Gasteiger partial charge in [-0.15, -0.1) is 11.3 Å². The molecule has 5 rings (SSSR count). The second kappa shape index (κ2) is 7.51. The van der Waals surface area contributed by atoms with Crippen molar-refractivity contribution in [1.82, 2.24) is 4.98 Å². The molecule has 0 aliphatic carbocycles. The van der Waals surface area contributed by atoms with E-state index in [0.717, 1.165) is 16.2 Å². The summed E-state index contributed by atoms with van der Waals surface area (Å²) in [5.74, 6) is -1.92. The van der Waals surface area contributed by atoms with E-state index in [1.165, 1.54) is 30.5 Å². The van der Waals surface area contributed by atoms with Crippen molar-refractivity contribution in [2.45, 2.75) is 6.04 Å². The minimum absolute atomic E-state index is 0.0796. The molecule has 0 unspecified atom stereocenters. The molecule has 1 aromatic heterocycles. The quantitative estimate of drug-likeness (QED) is 0.381. The van der Waals surface area contributed by atoms with Crippen molar-refractivity contribution >= 4 is 33.9 Å². The Bertz CT molecular complexity index is 1220. The van der Waals surface area contributed by atoms with Gasteiger partial charge in [0.1, 0.15) is 30.8 Å². The van der Waals surface area contributed by atoms with E-state index in [0.29, 0.717) is 24.7 Å². The van der Waals surface area contributed by atoms with Gasteiger partial charge in [0.15, 0.2) is 16.6 Å². The minimum atomic E-state index is -1.17. The van der Waals surface area contributed by atoms with Gasteiger partial charge in [0.25, 0.3) is 5.78 Å². The van der Waals surface area contributed by atoms with Crippen molar-refractivity contribution in [3.63, 3.8) is 0 Å². The second-order valence-electron chi connectivity index (χ2n) is 6.86. The van der Waals surface area contributed by atoms with E-state index in [4.69, 9.17) is 9.47 Å². The molecule has 0 bridgehead atoms. The van der Waals surface area contributed by atoms with E-state index >= 15 is 0 Å². The van der Waals surface area contributed by atoms with Crippen molar-refractivity contribution in [3.8, 4) is 11.5 Å². The number of amides is 1. The highest BCUT2D eigenvalue weighted by Crippen LogP contribution is 2.44. The number of benzene rings is 2. The number of carbonyl (C=O) groups is 2. The Hall–Kier alpha value is -3.72. The van der Waals surface area contributed by atoms with Gasteiger partial charge in [0.2, 0.25) is 0 Å². The third-order valence-corrected chi connectivity index (χ3v) is 5.86. The van der Waals surface area contributed by atoms with Gasteiger partial charge in [-0.1, -0.05) is 18.2 Å². The number of fused-ring (bicyclic) bond motifs is 1. The first-order chi connectivity index (χ1) is 15.1. The molecule has 9 heteroatoms. The van der Waals surface area contributed by atoms with E-state index in [1.54, 1.807) is 23.6 Å². The Morgan fingerprint density at radius 2 is 1.90 bits per heavy atom. The van der Waals surface area contributed by atoms with Crippen LogP contribution in [0.3, 0.4) is 0 Å². The van der Waals surface area contributed by atoms with E-state index in [9.17, 15) is 19.1 Å². The lowest BCUT2D eigenvalue weighted by molar-refractivity contribution is -0.132. The molecule has 1 N–H and O–H groups in total. The van der Waals surface area contributed by atoms with Crippen LogP contribution in [0.5, 0.6) is 11.5 Å². The lowest BCUT2D eigenvalue weighted by atomic mass is 9.95. The Kier molecular flexibility index (Phi) is 4.67. The Morgan fingerprint density at radius 1 is 1.13 bits per heavy atom. The molecule has 0 saturated carbocycles. The van der Waals surface area contributed by atoms with Gasteiger partial charge in [0.05, 0.1) is 5.57 Å². The largest absolute Gasteiger partial charge is 0.507 e. The summed E-state index contributed by atoms with van der Waals surface area (Å²) in [6, 6.07) is 9.35. The van der Waals surface area contributed by atoms with E-state index in [-0.39, 0.29) is 21.8 Å². The van der Waals surface area contributed by atoms with Gasteiger partial charge in [0, 0.05) is 22.7 Å². The number of ether oxygens (including phenoxy) is 2. The molecule has 31 heavy (non-hydrogen) atoms. The van der Waals surface area contributed by atoms with Crippen LogP contribution in [0, 0.1) is 5.82 Å². The molecule has 1 fully saturated rings. The molecular formula is C22H15FN2O5S. The maximum Gasteiger partial charge on any atom is 0.301 e.